The van der Waals surface area contributed by atoms with Gasteiger partial charge in [-0.25, -0.2) is 0 Å². The van der Waals surface area contributed by atoms with Crippen LogP contribution in [0.2, 0.25) is 10.0 Å². The summed E-state index contributed by atoms with van der Waals surface area (Å²) in [5, 5.41) is 20.1. The molecular formula is C22H23Cl2N3O2. The molecule has 152 valence electrons. The molecule has 1 amide bonds. The quantitative estimate of drug-likeness (QED) is 0.678. The molecule has 0 radical (unpaired) electrons. The highest BCUT2D eigenvalue weighted by Crippen LogP contribution is 2.26. The monoisotopic (exact) mass is 431 g/mol. The minimum atomic E-state index is -0.345. The fourth-order valence-corrected chi connectivity index (χ4v) is 3.98. The zero-order valence-electron chi connectivity index (χ0n) is 16.0. The summed E-state index contributed by atoms with van der Waals surface area (Å²) in [6.07, 6.45) is 0.504. The standard InChI is InChI=1S/C22H23Cl2N3O2/c23-19-7-6-16(12-20(19)24)13-22(29)27(11-9-25)21(17-4-2-1-3-5-17)15-26-10-8-18(28)14-26/h1-7,12,18,21,28H,8,10-11,13-15H2. The maximum absolute atomic E-state index is 13.2. The number of amides is 1. The van der Waals surface area contributed by atoms with Crippen LogP contribution in [0.3, 0.4) is 0 Å². The molecule has 2 atom stereocenters. The molecule has 2 aromatic carbocycles. The number of aliphatic hydroxyl groups excluding tert-OH is 1. The van der Waals surface area contributed by atoms with E-state index in [-0.39, 0.29) is 31.0 Å². The van der Waals surface area contributed by atoms with Crippen molar-refractivity contribution in [3.63, 3.8) is 0 Å². The van der Waals surface area contributed by atoms with Crippen LogP contribution in [0.5, 0.6) is 0 Å². The van der Waals surface area contributed by atoms with Crippen LogP contribution in [0, 0.1) is 11.3 Å². The van der Waals surface area contributed by atoms with Gasteiger partial charge < -0.3 is 10.0 Å². The Bertz CT molecular complexity index is 885. The van der Waals surface area contributed by atoms with Crippen molar-refractivity contribution in [2.24, 2.45) is 0 Å². The highest BCUT2D eigenvalue weighted by molar-refractivity contribution is 6.42. The minimum Gasteiger partial charge on any atom is -0.392 e. The molecule has 1 aliphatic heterocycles. The fourth-order valence-electron chi connectivity index (χ4n) is 3.66. The van der Waals surface area contributed by atoms with E-state index in [9.17, 15) is 15.2 Å². The zero-order valence-corrected chi connectivity index (χ0v) is 17.5. The van der Waals surface area contributed by atoms with Crippen molar-refractivity contribution < 1.29 is 9.90 Å². The second-order valence-electron chi connectivity index (χ2n) is 7.23. The third-order valence-corrected chi connectivity index (χ3v) is 5.88. The molecule has 7 heteroatoms. The summed E-state index contributed by atoms with van der Waals surface area (Å²) < 4.78 is 0. The largest absolute Gasteiger partial charge is 0.392 e. The van der Waals surface area contributed by atoms with Gasteiger partial charge in [-0.05, 0) is 29.7 Å². The van der Waals surface area contributed by atoms with E-state index in [0.29, 0.717) is 23.1 Å². The molecule has 0 spiro atoms. The maximum Gasteiger partial charge on any atom is 0.228 e. The first kappa shape index (κ1) is 21.6. The van der Waals surface area contributed by atoms with E-state index in [0.717, 1.165) is 24.1 Å². The molecule has 0 saturated carbocycles. The molecule has 5 nitrogen and oxygen atoms in total. The van der Waals surface area contributed by atoms with E-state index < -0.39 is 0 Å². The van der Waals surface area contributed by atoms with E-state index in [2.05, 4.69) is 11.0 Å². The van der Waals surface area contributed by atoms with Crippen molar-refractivity contribution in [3.8, 4) is 6.07 Å². The number of nitrogens with zero attached hydrogens (tertiary/aromatic N) is 3. The van der Waals surface area contributed by atoms with Gasteiger partial charge in [0.05, 0.1) is 34.7 Å². The van der Waals surface area contributed by atoms with Gasteiger partial charge in [-0.2, -0.15) is 5.26 Å². The average molecular weight is 432 g/mol. The molecule has 1 N–H and O–H groups in total. The number of β-amino-alcohol motifs (C(OH)–C–C–N with tert-alkyl or cyclic N) is 1. The van der Waals surface area contributed by atoms with Crippen LogP contribution >= 0.6 is 23.2 Å². The zero-order chi connectivity index (χ0) is 20.8. The number of likely N-dealkylation sites (tertiary alicyclic amines) is 1. The van der Waals surface area contributed by atoms with Gasteiger partial charge in [0.1, 0.15) is 6.54 Å². The molecule has 1 fully saturated rings. The first-order valence-electron chi connectivity index (χ1n) is 9.53. The van der Waals surface area contributed by atoms with Crippen LogP contribution in [0.1, 0.15) is 23.6 Å². The van der Waals surface area contributed by atoms with Crippen molar-refractivity contribution in [1.29, 1.82) is 5.26 Å². The van der Waals surface area contributed by atoms with Crippen LogP contribution < -0.4 is 0 Å². The van der Waals surface area contributed by atoms with Crippen LogP contribution in [-0.4, -0.2) is 53.1 Å². The summed E-state index contributed by atoms with van der Waals surface area (Å²) in [7, 11) is 0. The summed E-state index contributed by atoms with van der Waals surface area (Å²) in [5.41, 5.74) is 1.71. The molecule has 1 heterocycles. The van der Waals surface area contributed by atoms with Gasteiger partial charge in [0, 0.05) is 19.6 Å². The summed E-state index contributed by atoms with van der Waals surface area (Å²) in [6, 6.07) is 16.7. The summed E-state index contributed by atoms with van der Waals surface area (Å²) in [5.74, 6) is -0.154. The fraction of sp³-hybridized carbons (Fsp3) is 0.364. The van der Waals surface area contributed by atoms with Crippen molar-refractivity contribution in [2.75, 3.05) is 26.2 Å². The van der Waals surface area contributed by atoms with Crippen LogP contribution in [0.15, 0.2) is 48.5 Å². The molecule has 2 unspecified atom stereocenters. The molecule has 3 rings (SSSR count). The Labute approximate surface area is 181 Å². The van der Waals surface area contributed by atoms with Gasteiger partial charge in [0.25, 0.3) is 0 Å². The lowest BCUT2D eigenvalue weighted by Gasteiger charge is -2.33. The van der Waals surface area contributed by atoms with E-state index in [1.54, 1.807) is 23.1 Å². The Hall–Kier alpha value is -2.10. The lowest BCUT2D eigenvalue weighted by molar-refractivity contribution is -0.132. The van der Waals surface area contributed by atoms with E-state index in [4.69, 9.17) is 23.2 Å². The highest BCUT2D eigenvalue weighted by Gasteiger charge is 2.30. The Balaban J connectivity index is 1.85. The number of nitriles is 1. The predicted molar refractivity (Wildman–Crippen MR) is 114 cm³/mol. The first-order valence-corrected chi connectivity index (χ1v) is 10.3. The number of halogens is 2. The molecule has 0 aliphatic carbocycles. The number of hydrogen-bond acceptors (Lipinski definition) is 4. The molecule has 2 aromatic rings. The van der Waals surface area contributed by atoms with Gasteiger partial charge in [0.2, 0.25) is 5.91 Å². The Morgan fingerprint density at radius 3 is 2.62 bits per heavy atom. The molecular weight excluding hydrogens is 409 g/mol. The molecule has 1 saturated heterocycles. The van der Waals surface area contributed by atoms with Crippen LogP contribution in [-0.2, 0) is 11.2 Å². The Morgan fingerprint density at radius 2 is 2.00 bits per heavy atom. The third kappa shape index (κ3) is 5.71. The Morgan fingerprint density at radius 1 is 1.24 bits per heavy atom. The third-order valence-electron chi connectivity index (χ3n) is 5.14. The minimum absolute atomic E-state index is 0.0177. The van der Waals surface area contributed by atoms with Crippen LogP contribution in [0.4, 0.5) is 0 Å². The van der Waals surface area contributed by atoms with Gasteiger partial charge in [-0.3, -0.25) is 9.69 Å². The summed E-state index contributed by atoms with van der Waals surface area (Å²) in [6.45, 7) is 1.89. The Kier molecular flexibility index (Phi) is 7.51. The van der Waals surface area contributed by atoms with Gasteiger partial charge >= 0.3 is 0 Å². The number of hydrogen-bond donors (Lipinski definition) is 1. The van der Waals surface area contributed by atoms with Crippen molar-refractivity contribution in [1.82, 2.24) is 9.80 Å². The second kappa shape index (κ2) is 10.1. The first-order chi connectivity index (χ1) is 14.0. The molecule has 0 aromatic heterocycles. The van der Waals surface area contributed by atoms with Gasteiger partial charge in [-0.15, -0.1) is 0 Å². The van der Waals surface area contributed by atoms with Crippen molar-refractivity contribution in [3.05, 3.63) is 69.7 Å². The normalized spacial score (nSPS) is 17.7. The number of aliphatic hydroxyl groups is 1. The lowest BCUT2D eigenvalue weighted by atomic mass is 10.0. The number of benzene rings is 2. The topological polar surface area (TPSA) is 67.6 Å². The van der Waals surface area contributed by atoms with Crippen LogP contribution in [0.25, 0.3) is 0 Å². The van der Waals surface area contributed by atoms with Crippen molar-refractivity contribution in [2.45, 2.75) is 25.0 Å². The average Bonchev–Trinajstić information content (AvgIpc) is 3.13. The van der Waals surface area contributed by atoms with Crippen molar-refractivity contribution >= 4 is 29.1 Å². The molecule has 0 bridgehead atoms. The highest BCUT2D eigenvalue weighted by atomic mass is 35.5. The number of carbonyl (C=O) groups excluding carboxylic acids is 1. The lowest BCUT2D eigenvalue weighted by Crippen LogP contribution is -2.42. The van der Waals surface area contributed by atoms with E-state index in [1.807, 2.05) is 30.3 Å². The molecule has 1 aliphatic rings. The SMILES string of the molecule is N#CCN(C(=O)Cc1ccc(Cl)c(Cl)c1)C(CN1CCC(O)C1)c1ccccc1. The van der Waals surface area contributed by atoms with Gasteiger partial charge in [0.15, 0.2) is 0 Å². The van der Waals surface area contributed by atoms with E-state index in [1.165, 1.54) is 0 Å². The second-order valence-corrected chi connectivity index (χ2v) is 8.05. The smallest absolute Gasteiger partial charge is 0.228 e. The predicted octanol–water partition coefficient (Wildman–Crippen LogP) is 3.70. The number of carbonyl (C=O) groups is 1. The maximum atomic E-state index is 13.2. The number of rotatable bonds is 7. The summed E-state index contributed by atoms with van der Waals surface area (Å²) in [4.78, 5) is 16.9. The van der Waals surface area contributed by atoms with Gasteiger partial charge in [-0.1, -0.05) is 59.6 Å². The molecule has 29 heavy (non-hydrogen) atoms. The summed E-state index contributed by atoms with van der Waals surface area (Å²) >= 11 is 12.1. The van der Waals surface area contributed by atoms with E-state index >= 15 is 0 Å².